The van der Waals surface area contributed by atoms with Gasteiger partial charge >= 0.3 is 5.97 Å². The largest absolute Gasteiger partial charge is 0.462 e. The molecule has 0 N–H and O–H groups in total. The van der Waals surface area contributed by atoms with Crippen molar-refractivity contribution in [3.8, 4) is 0 Å². The van der Waals surface area contributed by atoms with Crippen LogP contribution in [-0.4, -0.2) is 32.6 Å². The summed E-state index contributed by atoms with van der Waals surface area (Å²) in [6, 6.07) is 0. The molecule has 3 nitrogen and oxygen atoms in total. The molecule has 0 atom stereocenters. The van der Waals surface area contributed by atoms with Gasteiger partial charge in [0.1, 0.15) is 0 Å². The van der Waals surface area contributed by atoms with Gasteiger partial charge in [-0.2, -0.15) is 0 Å². The summed E-state index contributed by atoms with van der Waals surface area (Å²) < 4.78 is 4.79. The average molecular weight is 232 g/mol. The van der Waals surface area contributed by atoms with Crippen molar-refractivity contribution in [2.45, 2.75) is 19.9 Å². The number of hydrogen-bond donors (Lipinski definition) is 0. The molecule has 0 unspecified atom stereocenters. The summed E-state index contributed by atoms with van der Waals surface area (Å²) >= 11 is 1.35. The minimum absolute atomic E-state index is 0.0603. The molecule has 0 bridgehead atoms. The Kier molecular flexibility index (Phi) is 7.51. The van der Waals surface area contributed by atoms with Crippen molar-refractivity contribution in [2.75, 3.05) is 12.0 Å². The Morgan fingerprint density at radius 2 is 2.14 bits per heavy atom. The monoisotopic (exact) mass is 232 g/mol. The number of carbonyl (C=O) groups is 2. The van der Waals surface area contributed by atoms with Crippen LogP contribution >= 0.6 is 11.8 Å². The highest BCUT2D eigenvalue weighted by Crippen LogP contribution is 2.04. The third-order valence-corrected chi connectivity index (χ3v) is 4.33. The van der Waals surface area contributed by atoms with Gasteiger partial charge in [-0.05, 0) is 12.3 Å². The summed E-state index contributed by atoms with van der Waals surface area (Å²) in [5, 5.41) is 1.07. The second-order valence-electron chi connectivity index (χ2n) is 2.89. The van der Waals surface area contributed by atoms with E-state index in [4.69, 9.17) is 4.74 Å². The van der Waals surface area contributed by atoms with Crippen LogP contribution in [0.3, 0.4) is 0 Å². The summed E-state index contributed by atoms with van der Waals surface area (Å²) in [5.41, 5.74) is 0.367. The molecule has 0 heterocycles. The van der Waals surface area contributed by atoms with Crippen molar-refractivity contribution in [3.05, 3.63) is 12.2 Å². The van der Waals surface area contributed by atoms with Crippen LogP contribution in [0.4, 0.5) is 0 Å². The van der Waals surface area contributed by atoms with Crippen LogP contribution in [0.25, 0.3) is 0 Å². The SMILES string of the molecule is C=C(C)C(=O)OCCC(=O)SC[SiH2]C. The molecular weight excluding hydrogens is 216 g/mol. The molecule has 0 amide bonds. The predicted molar refractivity (Wildman–Crippen MR) is 62.3 cm³/mol. The number of ether oxygens (including phenoxy) is 1. The van der Waals surface area contributed by atoms with Crippen LogP contribution < -0.4 is 0 Å². The van der Waals surface area contributed by atoms with Gasteiger partial charge < -0.3 is 4.74 Å². The Balaban J connectivity index is 3.49. The number of esters is 1. The quantitative estimate of drug-likeness (QED) is 0.388. The smallest absolute Gasteiger partial charge is 0.333 e. The van der Waals surface area contributed by atoms with E-state index in [0.29, 0.717) is 12.0 Å². The van der Waals surface area contributed by atoms with Crippen LogP contribution in [0.2, 0.25) is 6.55 Å². The number of thioether (sulfide) groups is 1. The Bertz CT molecular complexity index is 228. The predicted octanol–water partition coefficient (Wildman–Crippen LogP) is 0.930. The van der Waals surface area contributed by atoms with Gasteiger partial charge in [0.2, 0.25) is 0 Å². The van der Waals surface area contributed by atoms with Crippen LogP contribution in [-0.2, 0) is 14.3 Å². The van der Waals surface area contributed by atoms with Crippen LogP contribution in [0, 0.1) is 0 Å². The third-order valence-electron chi connectivity index (χ3n) is 1.35. The van der Waals surface area contributed by atoms with Crippen molar-refractivity contribution >= 4 is 32.4 Å². The number of hydrogen-bond acceptors (Lipinski definition) is 4. The van der Waals surface area contributed by atoms with Crippen molar-refractivity contribution in [1.29, 1.82) is 0 Å². The van der Waals surface area contributed by atoms with Crippen LogP contribution in [0.15, 0.2) is 12.2 Å². The lowest BCUT2D eigenvalue weighted by molar-refractivity contribution is -0.139. The van der Waals surface area contributed by atoms with E-state index in [1.165, 1.54) is 11.8 Å². The van der Waals surface area contributed by atoms with Crippen molar-refractivity contribution in [3.63, 3.8) is 0 Å². The summed E-state index contributed by atoms with van der Waals surface area (Å²) in [7, 11) is -0.0603. The standard InChI is InChI=1S/C9H16O3SSi/c1-7(2)9(11)12-5-4-8(10)13-6-14-3/h1,4-6,14H2,2-3H3. The van der Waals surface area contributed by atoms with Crippen molar-refractivity contribution in [1.82, 2.24) is 0 Å². The first-order valence-corrected chi connectivity index (χ1v) is 7.96. The van der Waals surface area contributed by atoms with Gasteiger partial charge in [-0.1, -0.05) is 24.9 Å². The highest BCUT2D eigenvalue weighted by molar-refractivity contribution is 8.14. The molecule has 5 heteroatoms. The first kappa shape index (κ1) is 13.4. The summed E-state index contributed by atoms with van der Waals surface area (Å²) in [4.78, 5) is 22.0. The lowest BCUT2D eigenvalue weighted by Crippen LogP contribution is -2.09. The maximum atomic E-state index is 11.1. The fourth-order valence-electron chi connectivity index (χ4n) is 0.638. The van der Waals surface area contributed by atoms with E-state index in [1.807, 2.05) is 0 Å². The van der Waals surface area contributed by atoms with Gasteiger partial charge in [0.25, 0.3) is 0 Å². The molecule has 0 aliphatic carbocycles. The third kappa shape index (κ3) is 6.91. The minimum atomic E-state index is -0.423. The summed E-state index contributed by atoms with van der Waals surface area (Å²) in [5.74, 6) is -0.423. The number of carbonyl (C=O) groups excluding carboxylic acids is 2. The van der Waals surface area contributed by atoms with Gasteiger partial charge in [-0.3, -0.25) is 4.79 Å². The molecule has 0 aliphatic rings. The first-order valence-electron chi connectivity index (χ1n) is 4.56. The fourth-order valence-corrected chi connectivity index (χ4v) is 2.59. The second kappa shape index (κ2) is 7.81. The summed E-state index contributed by atoms with van der Waals surface area (Å²) in [6.45, 7) is 7.35. The number of rotatable bonds is 6. The van der Waals surface area contributed by atoms with Crippen molar-refractivity contribution in [2.24, 2.45) is 0 Å². The molecule has 0 fully saturated rings. The molecule has 0 aromatic rings. The van der Waals surface area contributed by atoms with E-state index in [2.05, 4.69) is 13.1 Å². The van der Waals surface area contributed by atoms with E-state index < -0.39 is 5.97 Å². The van der Waals surface area contributed by atoms with Gasteiger partial charge in [-0.15, -0.1) is 0 Å². The molecular formula is C9H16O3SSi. The molecule has 80 valence electrons. The molecule has 0 aliphatic heterocycles. The molecule has 0 saturated heterocycles. The Hall–Kier alpha value is -0.553. The maximum absolute atomic E-state index is 11.1. The highest BCUT2D eigenvalue weighted by Gasteiger charge is 2.06. The lowest BCUT2D eigenvalue weighted by Gasteiger charge is -2.02. The van der Waals surface area contributed by atoms with E-state index in [9.17, 15) is 9.59 Å². The average Bonchev–Trinajstić information content (AvgIpc) is 2.14. The Morgan fingerprint density at radius 1 is 1.50 bits per heavy atom. The van der Waals surface area contributed by atoms with Gasteiger partial charge in [-0.25, -0.2) is 4.79 Å². The zero-order valence-corrected chi connectivity index (χ0v) is 10.9. The maximum Gasteiger partial charge on any atom is 0.333 e. The second-order valence-corrected chi connectivity index (χ2v) is 6.26. The Labute approximate surface area is 91.1 Å². The molecule has 0 aromatic heterocycles. The Morgan fingerprint density at radius 3 is 2.64 bits per heavy atom. The molecule has 0 radical (unpaired) electrons. The normalized spacial score (nSPS) is 10.4. The lowest BCUT2D eigenvalue weighted by atomic mass is 10.4. The van der Waals surface area contributed by atoms with Gasteiger partial charge in [0, 0.05) is 15.1 Å². The van der Waals surface area contributed by atoms with Gasteiger partial charge in [0.15, 0.2) is 5.12 Å². The topological polar surface area (TPSA) is 43.4 Å². The minimum Gasteiger partial charge on any atom is -0.462 e. The first-order chi connectivity index (χ1) is 6.57. The van der Waals surface area contributed by atoms with Crippen LogP contribution in [0.1, 0.15) is 13.3 Å². The zero-order chi connectivity index (χ0) is 11.0. The van der Waals surface area contributed by atoms with E-state index in [0.717, 1.165) is 5.38 Å². The van der Waals surface area contributed by atoms with E-state index in [1.54, 1.807) is 6.92 Å². The molecule has 0 aromatic carbocycles. The van der Waals surface area contributed by atoms with E-state index >= 15 is 0 Å². The molecule has 0 saturated carbocycles. The van der Waals surface area contributed by atoms with Crippen LogP contribution in [0.5, 0.6) is 0 Å². The highest BCUT2D eigenvalue weighted by atomic mass is 32.2. The molecule has 14 heavy (non-hydrogen) atoms. The van der Waals surface area contributed by atoms with Gasteiger partial charge in [0.05, 0.1) is 13.0 Å². The van der Waals surface area contributed by atoms with E-state index in [-0.39, 0.29) is 21.2 Å². The molecule has 0 rings (SSSR count). The fraction of sp³-hybridized carbons (Fsp3) is 0.556. The zero-order valence-electron chi connectivity index (χ0n) is 8.67. The molecule has 0 spiro atoms. The summed E-state index contributed by atoms with van der Waals surface area (Å²) in [6.07, 6.45) is 0.304. The van der Waals surface area contributed by atoms with Crippen molar-refractivity contribution < 1.29 is 14.3 Å².